The Hall–Kier alpha value is -2.87. The maximum Gasteiger partial charge on any atom is 0.316 e. The fourth-order valence-corrected chi connectivity index (χ4v) is 3.33. The van der Waals surface area contributed by atoms with Crippen LogP contribution in [0.2, 0.25) is 0 Å². The van der Waals surface area contributed by atoms with Gasteiger partial charge in [0.15, 0.2) is 6.61 Å². The zero-order valence-electron chi connectivity index (χ0n) is 16.2. The summed E-state index contributed by atoms with van der Waals surface area (Å²) in [6.45, 7) is 7.00. The van der Waals surface area contributed by atoms with Crippen LogP contribution in [-0.4, -0.2) is 29.2 Å². The molecule has 0 saturated carbocycles. The molecule has 2 aromatic carbocycles. The molecule has 2 rings (SSSR count). The number of nitrogens with zero attached hydrogens (tertiary/aromatic N) is 1. The third kappa shape index (κ3) is 5.82. The number of hydrogen-bond donors (Lipinski definition) is 1. The smallest absolute Gasteiger partial charge is 0.316 e. The zero-order chi connectivity index (χ0) is 20.8. The minimum absolute atomic E-state index is 0.0704. The fourth-order valence-electron chi connectivity index (χ4n) is 2.52. The summed E-state index contributed by atoms with van der Waals surface area (Å²) in [5.74, 6) is -1.09. The normalized spacial score (nSPS) is 10.4. The quantitative estimate of drug-likeness (QED) is 0.324. The molecule has 0 spiro atoms. The number of hydrogen-bond acceptors (Lipinski definition) is 6. The van der Waals surface area contributed by atoms with Gasteiger partial charge in [-0.1, -0.05) is 17.7 Å². The van der Waals surface area contributed by atoms with Gasteiger partial charge in [-0.15, -0.1) is 11.8 Å². The van der Waals surface area contributed by atoms with Crippen molar-refractivity contribution < 1.29 is 19.2 Å². The van der Waals surface area contributed by atoms with Crippen molar-refractivity contribution >= 4 is 35.0 Å². The van der Waals surface area contributed by atoms with E-state index in [4.69, 9.17) is 4.74 Å². The Labute approximate surface area is 167 Å². The van der Waals surface area contributed by atoms with E-state index in [2.05, 4.69) is 5.32 Å². The SMILES string of the molecule is Cc1ccc(SCC(=O)OCC(=O)Nc2cc(C)c(C)cc2[N+](=O)[O-])c(C)c1. The number of nitro benzene ring substituents is 1. The second kappa shape index (κ2) is 9.36. The number of anilines is 1. The average Bonchev–Trinajstić information content (AvgIpc) is 2.61. The van der Waals surface area contributed by atoms with Crippen molar-refractivity contribution in [3.63, 3.8) is 0 Å². The molecule has 1 N–H and O–H groups in total. The first-order valence-corrected chi connectivity index (χ1v) is 9.57. The van der Waals surface area contributed by atoms with Crippen LogP contribution >= 0.6 is 11.8 Å². The van der Waals surface area contributed by atoms with E-state index in [0.29, 0.717) is 0 Å². The fraction of sp³-hybridized carbons (Fsp3) is 0.300. The summed E-state index contributed by atoms with van der Waals surface area (Å²) < 4.78 is 4.97. The standard InChI is InChI=1S/C20H22N2O5S/c1-12-5-6-18(15(4)7-12)28-11-20(24)27-10-19(23)21-16-8-13(2)14(3)9-17(16)22(25)26/h5-9H,10-11H2,1-4H3,(H,21,23). The van der Waals surface area contributed by atoms with Gasteiger partial charge in [0.25, 0.3) is 11.6 Å². The summed E-state index contributed by atoms with van der Waals surface area (Å²) in [5.41, 5.74) is 3.65. The lowest BCUT2D eigenvalue weighted by atomic mass is 10.1. The highest BCUT2D eigenvalue weighted by Gasteiger charge is 2.18. The van der Waals surface area contributed by atoms with Gasteiger partial charge in [-0.25, -0.2) is 0 Å². The molecule has 0 radical (unpaired) electrons. The first kappa shape index (κ1) is 21.4. The summed E-state index contributed by atoms with van der Waals surface area (Å²) in [4.78, 5) is 35.5. The number of rotatable bonds is 7. The lowest BCUT2D eigenvalue weighted by molar-refractivity contribution is -0.384. The third-order valence-corrected chi connectivity index (χ3v) is 5.27. The Kier molecular flexibility index (Phi) is 7.17. The highest BCUT2D eigenvalue weighted by atomic mass is 32.2. The van der Waals surface area contributed by atoms with Gasteiger partial charge >= 0.3 is 5.97 Å². The first-order chi connectivity index (χ1) is 13.2. The number of nitro groups is 1. The van der Waals surface area contributed by atoms with Crippen LogP contribution in [-0.2, 0) is 14.3 Å². The Balaban J connectivity index is 1.89. The average molecular weight is 402 g/mol. The summed E-state index contributed by atoms with van der Waals surface area (Å²) in [6, 6.07) is 8.86. The number of carbonyl (C=O) groups is 2. The lowest BCUT2D eigenvalue weighted by Gasteiger charge is -2.10. The molecule has 0 aromatic heterocycles. The molecular formula is C20H22N2O5S. The predicted octanol–water partition coefficient (Wildman–Crippen LogP) is 4.10. The molecule has 0 aliphatic rings. The van der Waals surface area contributed by atoms with Crippen LogP contribution < -0.4 is 5.32 Å². The molecular weight excluding hydrogens is 380 g/mol. The van der Waals surface area contributed by atoms with Crippen molar-refractivity contribution in [3.05, 3.63) is 62.7 Å². The van der Waals surface area contributed by atoms with Crippen LogP contribution in [0.5, 0.6) is 0 Å². The van der Waals surface area contributed by atoms with Gasteiger partial charge in [0.1, 0.15) is 5.69 Å². The Morgan fingerprint density at radius 1 is 1.07 bits per heavy atom. The topological polar surface area (TPSA) is 98.5 Å². The van der Waals surface area contributed by atoms with Crippen molar-refractivity contribution in [3.8, 4) is 0 Å². The Morgan fingerprint density at radius 3 is 2.39 bits per heavy atom. The molecule has 28 heavy (non-hydrogen) atoms. The van der Waals surface area contributed by atoms with Crippen LogP contribution in [0.15, 0.2) is 35.2 Å². The van der Waals surface area contributed by atoms with Crippen LogP contribution in [0, 0.1) is 37.8 Å². The van der Waals surface area contributed by atoms with E-state index in [1.807, 2.05) is 32.0 Å². The number of benzene rings is 2. The van der Waals surface area contributed by atoms with Gasteiger partial charge in [0, 0.05) is 11.0 Å². The third-order valence-electron chi connectivity index (χ3n) is 4.12. The van der Waals surface area contributed by atoms with Crippen molar-refractivity contribution in [1.29, 1.82) is 0 Å². The van der Waals surface area contributed by atoms with E-state index in [9.17, 15) is 19.7 Å². The monoisotopic (exact) mass is 402 g/mol. The van der Waals surface area contributed by atoms with E-state index < -0.39 is 23.4 Å². The molecule has 0 saturated heterocycles. The summed E-state index contributed by atoms with van der Waals surface area (Å²) >= 11 is 1.33. The molecule has 0 aliphatic carbocycles. The Morgan fingerprint density at radius 2 is 1.75 bits per heavy atom. The number of nitrogens with one attached hydrogen (secondary N) is 1. The number of aryl methyl sites for hydroxylation is 4. The number of carbonyl (C=O) groups excluding carboxylic acids is 2. The van der Waals surface area contributed by atoms with E-state index in [1.165, 1.54) is 23.9 Å². The molecule has 0 fully saturated rings. The van der Waals surface area contributed by atoms with Crippen LogP contribution in [0.4, 0.5) is 11.4 Å². The molecule has 0 atom stereocenters. The molecule has 1 amide bonds. The van der Waals surface area contributed by atoms with Gasteiger partial charge in [-0.3, -0.25) is 19.7 Å². The highest BCUT2D eigenvalue weighted by Crippen LogP contribution is 2.28. The van der Waals surface area contributed by atoms with Crippen molar-refractivity contribution in [2.45, 2.75) is 32.6 Å². The van der Waals surface area contributed by atoms with E-state index in [0.717, 1.165) is 27.1 Å². The van der Waals surface area contributed by atoms with E-state index >= 15 is 0 Å². The first-order valence-electron chi connectivity index (χ1n) is 8.58. The number of thioether (sulfide) groups is 1. The van der Waals surface area contributed by atoms with E-state index in [-0.39, 0.29) is 17.1 Å². The summed E-state index contributed by atoms with van der Waals surface area (Å²) in [7, 11) is 0. The minimum Gasteiger partial charge on any atom is -0.455 e. The van der Waals surface area contributed by atoms with Gasteiger partial charge in [-0.2, -0.15) is 0 Å². The molecule has 0 bridgehead atoms. The van der Waals surface area contributed by atoms with Gasteiger partial charge < -0.3 is 10.1 Å². The largest absolute Gasteiger partial charge is 0.455 e. The minimum atomic E-state index is -0.629. The highest BCUT2D eigenvalue weighted by molar-refractivity contribution is 8.00. The van der Waals surface area contributed by atoms with Gasteiger partial charge in [0.05, 0.1) is 10.7 Å². The van der Waals surface area contributed by atoms with E-state index in [1.54, 1.807) is 13.8 Å². The maximum atomic E-state index is 12.0. The van der Waals surface area contributed by atoms with Crippen molar-refractivity contribution in [2.24, 2.45) is 0 Å². The number of ether oxygens (including phenoxy) is 1. The van der Waals surface area contributed by atoms with Gasteiger partial charge in [0.2, 0.25) is 0 Å². The van der Waals surface area contributed by atoms with Crippen LogP contribution in [0.1, 0.15) is 22.3 Å². The Bertz CT molecular complexity index is 927. The zero-order valence-corrected chi connectivity index (χ0v) is 17.0. The number of esters is 1. The molecule has 0 heterocycles. The molecule has 2 aromatic rings. The summed E-state index contributed by atoms with van der Waals surface area (Å²) in [5, 5.41) is 13.6. The molecule has 148 valence electrons. The molecule has 0 aliphatic heterocycles. The van der Waals surface area contributed by atoms with Crippen molar-refractivity contribution in [1.82, 2.24) is 0 Å². The number of amides is 1. The maximum absolute atomic E-state index is 12.0. The van der Waals surface area contributed by atoms with Crippen LogP contribution in [0.3, 0.4) is 0 Å². The second-order valence-corrected chi connectivity index (χ2v) is 7.49. The summed E-state index contributed by atoms with van der Waals surface area (Å²) in [6.07, 6.45) is 0. The second-order valence-electron chi connectivity index (χ2n) is 6.48. The molecule has 0 unspecified atom stereocenters. The van der Waals surface area contributed by atoms with Crippen LogP contribution in [0.25, 0.3) is 0 Å². The van der Waals surface area contributed by atoms with Crippen molar-refractivity contribution in [2.75, 3.05) is 17.7 Å². The lowest BCUT2D eigenvalue weighted by Crippen LogP contribution is -2.22. The predicted molar refractivity (Wildman–Crippen MR) is 109 cm³/mol. The molecule has 7 nitrogen and oxygen atoms in total. The van der Waals surface area contributed by atoms with Gasteiger partial charge in [-0.05, 0) is 56.5 Å². The molecule has 8 heteroatoms.